The van der Waals surface area contributed by atoms with Crippen LogP contribution in [0.2, 0.25) is 0 Å². The van der Waals surface area contributed by atoms with Gasteiger partial charge in [-0.05, 0) is 26.1 Å². The van der Waals surface area contributed by atoms with Crippen molar-refractivity contribution >= 4 is 5.91 Å². The summed E-state index contributed by atoms with van der Waals surface area (Å²) in [4.78, 5) is 13.5. The number of nitrogens with one attached hydrogen (secondary N) is 1. The molecule has 82 valence electrons. The third kappa shape index (κ3) is 3.36. The Morgan fingerprint density at radius 3 is 2.40 bits per heavy atom. The van der Waals surface area contributed by atoms with Gasteiger partial charge in [-0.2, -0.15) is 0 Å². The minimum absolute atomic E-state index is 0.0591. The van der Waals surface area contributed by atoms with E-state index >= 15 is 0 Å². The van der Waals surface area contributed by atoms with E-state index in [1.807, 2.05) is 49.3 Å². The van der Waals surface area contributed by atoms with Gasteiger partial charge in [0.15, 0.2) is 0 Å². The van der Waals surface area contributed by atoms with Gasteiger partial charge in [-0.15, -0.1) is 0 Å². The fourth-order valence-corrected chi connectivity index (χ4v) is 1.51. The molecule has 1 rings (SSSR count). The molecule has 0 aromatic heterocycles. The summed E-state index contributed by atoms with van der Waals surface area (Å²) in [6.07, 6.45) is 0.744. The molecule has 0 aliphatic heterocycles. The number of benzene rings is 1. The van der Waals surface area contributed by atoms with Crippen molar-refractivity contribution in [3.8, 4) is 0 Å². The molecule has 0 aliphatic carbocycles. The number of carbonyl (C=O) groups is 1. The summed E-state index contributed by atoms with van der Waals surface area (Å²) in [5, 5.41) is 2.69. The van der Waals surface area contributed by atoms with E-state index < -0.39 is 0 Å². The Balaban J connectivity index is 2.72. The smallest absolute Gasteiger partial charge is 0.237 e. The van der Waals surface area contributed by atoms with Crippen LogP contribution in [0.4, 0.5) is 0 Å². The molecule has 0 saturated heterocycles. The molecule has 0 spiro atoms. The first-order valence-corrected chi connectivity index (χ1v) is 5.07. The summed E-state index contributed by atoms with van der Waals surface area (Å²) in [5.41, 5.74) is 1.18. The molecule has 1 N–H and O–H groups in total. The Morgan fingerprint density at radius 2 is 1.93 bits per heavy atom. The zero-order chi connectivity index (χ0) is 11.3. The molecule has 3 nitrogen and oxygen atoms in total. The van der Waals surface area contributed by atoms with Crippen LogP contribution >= 0.6 is 0 Å². The molecule has 0 bridgehead atoms. The normalized spacial score (nSPS) is 12.5. The highest BCUT2D eigenvalue weighted by atomic mass is 16.2. The number of carbonyl (C=O) groups excluding carboxylic acids is 1. The molecule has 0 fully saturated rings. The van der Waals surface area contributed by atoms with Gasteiger partial charge in [0.2, 0.25) is 5.91 Å². The molecule has 0 aliphatic rings. The quantitative estimate of drug-likeness (QED) is 0.794. The highest BCUT2D eigenvalue weighted by Gasteiger charge is 2.19. The summed E-state index contributed by atoms with van der Waals surface area (Å²) >= 11 is 0. The maximum atomic E-state index is 11.6. The maximum absolute atomic E-state index is 11.6. The van der Waals surface area contributed by atoms with Crippen LogP contribution in [0.25, 0.3) is 0 Å². The predicted octanol–water partition coefficient (Wildman–Crippen LogP) is 0.905. The van der Waals surface area contributed by atoms with Crippen molar-refractivity contribution in [3.05, 3.63) is 35.9 Å². The van der Waals surface area contributed by atoms with Crippen molar-refractivity contribution in [2.24, 2.45) is 0 Å². The fourth-order valence-electron chi connectivity index (χ4n) is 1.51. The molecule has 0 radical (unpaired) electrons. The largest absolute Gasteiger partial charge is 0.358 e. The zero-order valence-electron chi connectivity index (χ0n) is 9.53. The molecular formula is C12H18N2O. The van der Waals surface area contributed by atoms with Crippen LogP contribution in [0.3, 0.4) is 0 Å². The third-order valence-electron chi connectivity index (χ3n) is 2.44. The summed E-state index contributed by atoms with van der Waals surface area (Å²) < 4.78 is 0. The van der Waals surface area contributed by atoms with Gasteiger partial charge in [-0.1, -0.05) is 30.3 Å². The SMILES string of the molecule is CNC(=O)C(Cc1ccccc1)N(C)C. The van der Waals surface area contributed by atoms with Crippen molar-refractivity contribution in [2.75, 3.05) is 21.1 Å². The highest BCUT2D eigenvalue weighted by Crippen LogP contribution is 2.06. The van der Waals surface area contributed by atoms with Crippen molar-refractivity contribution < 1.29 is 4.79 Å². The van der Waals surface area contributed by atoms with Gasteiger partial charge in [0, 0.05) is 7.05 Å². The molecule has 1 unspecified atom stereocenters. The average molecular weight is 206 g/mol. The number of rotatable bonds is 4. The van der Waals surface area contributed by atoms with Crippen LogP contribution in [0.1, 0.15) is 5.56 Å². The first kappa shape index (κ1) is 11.7. The van der Waals surface area contributed by atoms with Gasteiger partial charge in [-0.3, -0.25) is 9.69 Å². The summed E-state index contributed by atoms with van der Waals surface area (Å²) in [6.45, 7) is 0. The predicted molar refractivity (Wildman–Crippen MR) is 61.7 cm³/mol. The molecule has 3 heteroatoms. The van der Waals surface area contributed by atoms with Gasteiger partial charge in [0.05, 0.1) is 6.04 Å². The van der Waals surface area contributed by atoms with Gasteiger partial charge in [-0.25, -0.2) is 0 Å². The van der Waals surface area contributed by atoms with Crippen molar-refractivity contribution in [2.45, 2.75) is 12.5 Å². The second-order valence-corrected chi connectivity index (χ2v) is 3.78. The fraction of sp³-hybridized carbons (Fsp3) is 0.417. The number of hydrogen-bond acceptors (Lipinski definition) is 2. The lowest BCUT2D eigenvalue weighted by molar-refractivity contribution is -0.125. The van der Waals surface area contributed by atoms with E-state index in [0.29, 0.717) is 0 Å². The van der Waals surface area contributed by atoms with Crippen molar-refractivity contribution in [3.63, 3.8) is 0 Å². The summed E-state index contributed by atoms with van der Waals surface area (Å²) in [6, 6.07) is 9.95. The molecule has 1 aromatic rings. The molecule has 15 heavy (non-hydrogen) atoms. The van der Waals surface area contributed by atoms with E-state index in [0.717, 1.165) is 6.42 Å². The molecular weight excluding hydrogens is 188 g/mol. The first-order chi connectivity index (χ1) is 7.15. The Hall–Kier alpha value is -1.35. The van der Waals surface area contributed by atoms with Crippen LogP contribution in [-0.2, 0) is 11.2 Å². The summed E-state index contributed by atoms with van der Waals surface area (Å²) in [7, 11) is 5.51. The average Bonchev–Trinajstić information content (AvgIpc) is 2.26. The first-order valence-electron chi connectivity index (χ1n) is 5.07. The van der Waals surface area contributed by atoms with E-state index in [2.05, 4.69) is 5.32 Å². The molecule has 1 atom stereocenters. The van der Waals surface area contributed by atoms with Crippen LogP contribution in [0.5, 0.6) is 0 Å². The van der Waals surface area contributed by atoms with E-state index in [1.165, 1.54) is 5.56 Å². The van der Waals surface area contributed by atoms with Gasteiger partial charge >= 0.3 is 0 Å². The topological polar surface area (TPSA) is 32.3 Å². The Morgan fingerprint density at radius 1 is 1.33 bits per heavy atom. The lowest BCUT2D eigenvalue weighted by Crippen LogP contribution is -2.43. The van der Waals surface area contributed by atoms with E-state index in [1.54, 1.807) is 7.05 Å². The van der Waals surface area contributed by atoms with Crippen molar-refractivity contribution in [1.82, 2.24) is 10.2 Å². The molecule has 1 aromatic carbocycles. The van der Waals surface area contributed by atoms with Gasteiger partial charge < -0.3 is 5.32 Å². The Kier molecular flexibility index (Phi) is 4.31. The standard InChI is InChI=1S/C12H18N2O/c1-13-12(15)11(14(2)3)9-10-7-5-4-6-8-10/h4-8,11H,9H2,1-3H3,(H,13,15). The minimum atomic E-state index is -0.0996. The third-order valence-corrected chi connectivity index (χ3v) is 2.44. The monoisotopic (exact) mass is 206 g/mol. The lowest BCUT2D eigenvalue weighted by atomic mass is 10.0. The number of amides is 1. The molecule has 1 amide bonds. The second kappa shape index (κ2) is 5.51. The lowest BCUT2D eigenvalue weighted by Gasteiger charge is -2.22. The molecule has 0 heterocycles. The summed E-state index contributed by atoms with van der Waals surface area (Å²) in [5.74, 6) is 0.0591. The Labute approximate surface area is 91.1 Å². The molecule has 0 saturated carbocycles. The van der Waals surface area contributed by atoms with E-state index in [4.69, 9.17) is 0 Å². The number of hydrogen-bond donors (Lipinski definition) is 1. The second-order valence-electron chi connectivity index (χ2n) is 3.78. The van der Waals surface area contributed by atoms with Crippen LogP contribution in [-0.4, -0.2) is 38.0 Å². The zero-order valence-corrected chi connectivity index (χ0v) is 9.53. The van der Waals surface area contributed by atoms with E-state index in [9.17, 15) is 4.79 Å². The van der Waals surface area contributed by atoms with Crippen LogP contribution in [0.15, 0.2) is 30.3 Å². The van der Waals surface area contributed by atoms with E-state index in [-0.39, 0.29) is 11.9 Å². The van der Waals surface area contributed by atoms with Gasteiger partial charge in [0.1, 0.15) is 0 Å². The number of nitrogens with zero attached hydrogens (tertiary/aromatic N) is 1. The van der Waals surface area contributed by atoms with Gasteiger partial charge in [0.25, 0.3) is 0 Å². The minimum Gasteiger partial charge on any atom is -0.358 e. The Bertz CT molecular complexity index is 309. The number of likely N-dealkylation sites (N-methyl/N-ethyl adjacent to an activating group) is 2. The van der Waals surface area contributed by atoms with Crippen LogP contribution in [0, 0.1) is 0 Å². The highest BCUT2D eigenvalue weighted by molar-refractivity contribution is 5.81. The van der Waals surface area contributed by atoms with Crippen LogP contribution < -0.4 is 5.32 Å². The van der Waals surface area contributed by atoms with Crippen molar-refractivity contribution in [1.29, 1.82) is 0 Å². The maximum Gasteiger partial charge on any atom is 0.237 e.